The second-order valence-electron chi connectivity index (χ2n) is 5.61. The van der Waals surface area contributed by atoms with Gasteiger partial charge in [-0.3, -0.25) is 4.79 Å². The third kappa shape index (κ3) is 3.10. The first-order valence-electron chi connectivity index (χ1n) is 7.50. The number of amides is 1. The van der Waals surface area contributed by atoms with Crippen LogP contribution in [0.2, 0.25) is 0 Å². The second-order valence-corrected chi connectivity index (χ2v) is 6.53. The first-order chi connectivity index (χ1) is 11.5. The lowest BCUT2D eigenvalue weighted by atomic mass is 10.2. The highest BCUT2D eigenvalue weighted by atomic mass is 79.9. The Hall–Kier alpha value is -2.47. The normalized spacial score (nSPS) is 10.7. The SMILES string of the molecule is Cc1ccc(N(C)C(=O)c2nnn(-c3cccc(Br)c3)c2C)cc1. The molecule has 0 fully saturated rings. The van der Waals surface area contributed by atoms with Crippen molar-refractivity contribution in [2.45, 2.75) is 13.8 Å². The molecular weight excluding hydrogens is 368 g/mol. The Morgan fingerprint density at radius 1 is 1.12 bits per heavy atom. The van der Waals surface area contributed by atoms with Crippen LogP contribution in [-0.4, -0.2) is 27.9 Å². The van der Waals surface area contributed by atoms with Gasteiger partial charge in [-0.15, -0.1) is 5.10 Å². The molecule has 1 heterocycles. The number of carbonyl (C=O) groups is 1. The molecule has 6 heteroatoms. The summed E-state index contributed by atoms with van der Waals surface area (Å²) >= 11 is 3.44. The van der Waals surface area contributed by atoms with Crippen molar-refractivity contribution in [1.82, 2.24) is 15.0 Å². The first kappa shape index (κ1) is 16.4. The largest absolute Gasteiger partial charge is 0.310 e. The van der Waals surface area contributed by atoms with Crippen molar-refractivity contribution >= 4 is 27.5 Å². The van der Waals surface area contributed by atoms with E-state index in [-0.39, 0.29) is 5.91 Å². The van der Waals surface area contributed by atoms with E-state index in [1.807, 2.05) is 62.4 Å². The number of rotatable bonds is 3. The molecule has 0 saturated carbocycles. The number of carbonyl (C=O) groups excluding carboxylic acids is 1. The van der Waals surface area contributed by atoms with Gasteiger partial charge >= 0.3 is 0 Å². The van der Waals surface area contributed by atoms with Crippen LogP contribution in [0.25, 0.3) is 5.69 Å². The van der Waals surface area contributed by atoms with Gasteiger partial charge in [0.15, 0.2) is 5.69 Å². The summed E-state index contributed by atoms with van der Waals surface area (Å²) in [6.45, 7) is 3.86. The first-order valence-corrected chi connectivity index (χ1v) is 8.29. The Morgan fingerprint density at radius 3 is 2.50 bits per heavy atom. The van der Waals surface area contributed by atoms with Gasteiger partial charge in [-0.1, -0.05) is 44.9 Å². The number of benzene rings is 2. The number of hydrogen-bond acceptors (Lipinski definition) is 3. The highest BCUT2D eigenvalue weighted by Gasteiger charge is 2.21. The van der Waals surface area contributed by atoms with Gasteiger partial charge in [0.1, 0.15) is 0 Å². The van der Waals surface area contributed by atoms with E-state index in [1.54, 1.807) is 16.6 Å². The summed E-state index contributed by atoms with van der Waals surface area (Å²) in [5.74, 6) is -0.183. The lowest BCUT2D eigenvalue weighted by Gasteiger charge is -2.16. The lowest BCUT2D eigenvalue weighted by molar-refractivity contribution is 0.0987. The third-order valence-electron chi connectivity index (χ3n) is 3.88. The van der Waals surface area contributed by atoms with E-state index < -0.39 is 0 Å². The Morgan fingerprint density at radius 2 is 1.83 bits per heavy atom. The average molecular weight is 385 g/mol. The molecule has 0 aliphatic rings. The van der Waals surface area contributed by atoms with E-state index in [2.05, 4.69) is 26.2 Å². The fourth-order valence-electron chi connectivity index (χ4n) is 2.42. The van der Waals surface area contributed by atoms with Crippen LogP contribution in [0.5, 0.6) is 0 Å². The van der Waals surface area contributed by atoms with Gasteiger partial charge < -0.3 is 4.90 Å². The summed E-state index contributed by atoms with van der Waals surface area (Å²) in [5.41, 5.74) is 3.87. The molecule has 0 aliphatic heterocycles. The minimum atomic E-state index is -0.183. The second kappa shape index (κ2) is 6.57. The molecule has 5 nitrogen and oxygen atoms in total. The van der Waals surface area contributed by atoms with Crippen molar-refractivity contribution in [3.8, 4) is 5.69 Å². The number of anilines is 1. The van der Waals surface area contributed by atoms with Crippen LogP contribution in [0, 0.1) is 13.8 Å². The quantitative estimate of drug-likeness (QED) is 0.687. The molecule has 0 saturated heterocycles. The van der Waals surface area contributed by atoms with Gasteiger partial charge in [0.05, 0.1) is 11.4 Å². The summed E-state index contributed by atoms with van der Waals surface area (Å²) in [5, 5.41) is 8.23. The fraction of sp³-hybridized carbons (Fsp3) is 0.167. The molecular formula is C18H17BrN4O. The average Bonchev–Trinajstić information content (AvgIpc) is 2.96. The number of aryl methyl sites for hydroxylation is 1. The van der Waals surface area contributed by atoms with Crippen molar-refractivity contribution in [3.05, 3.63) is 70.0 Å². The molecule has 24 heavy (non-hydrogen) atoms. The molecule has 0 spiro atoms. The van der Waals surface area contributed by atoms with Crippen LogP contribution in [0.1, 0.15) is 21.7 Å². The van der Waals surface area contributed by atoms with Crippen LogP contribution >= 0.6 is 15.9 Å². The van der Waals surface area contributed by atoms with Crippen molar-refractivity contribution < 1.29 is 4.79 Å². The summed E-state index contributed by atoms with van der Waals surface area (Å²) in [6, 6.07) is 15.5. The number of aromatic nitrogens is 3. The summed E-state index contributed by atoms with van der Waals surface area (Å²) < 4.78 is 2.61. The summed E-state index contributed by atoms with van der Waals surface area (Å²) in [6.07, 6.45) is 0. The highest BCUT2D eigenvalue weighted by molar-refractivity contribution is 9.10. The third-order valence-corrected chi connectivity index (χ3v) is 4.37. The van der Waals surface area contributed by atoms with E-state index in [0.717, 1.165) is 21.4 Å². The zero-order valence-corrected chi connectivity index (χ0v) is 15.3. The number of hydrogen-bond donors (Lipinski definition) is 0. The van der Waals surface area contributed by atoms with Crippen LogP contribution in [0.15, 0.2) is 53.0 Å². The molecule has 3 rings (SSSR count). The minimum Gasteiger partial charge on any atom is -0.310 e. The molecule has 122 valence electrons. The summed E-state index contributed by atoms with van der Waals surface area (Å²) in [7, 11) is 1.74. The maximum Gasteiger partial charge on any atom is 0.280 e. The van der Waals surface area contributed by atoms with Gasteiger partial charge in [-0.2, -0.15) is 0 Å². The van der Waals surface area contributed by atoms with E-state index in [4.69, 9.17) is 0 Å². The fourth-order valence-corrected chi connectivity index (χ4v) is 2.81. The Kier molecular flexibility index (Phi) is 4.49. The Balaban J connectivity index is 1.92. The van der Waals surface area contributed by atoms with Gasteiger partial charge in [-0.25, -0.2) is 4.68 Å². The Labute approximate surface area is 149 Å². The van der Waals surface area contributed by atoms with E-state index in [0.29, 0.717) is 11.4 Å². The minimum absolute atomic E-state index is 0.183. The lowest BCUT2D eigenvalue weighted by Crippen LogP contribution is -2.27. The van der Waals surface area contributed by atoms with E-state index >= 15 is 0 Å². The van der Waals surface area contributed by atoms with Crippen LogP contribution in [-0.2, 0) is 0 Å². The standard InChI is InChI=1S/C18H17BrN4O/c1-12-7-9-15(10-8-12)22(3)18(24)17-13(2)23(21-20-17)16-6-4-5-14(19)11-16/h4-11H,1-3H3. The predicted molar refractivity (Wildman–Crippen MR) is 97.7 cm³/mol. The zero-order valence-electron chi connectivity index (χ0n) is 13.7. The monoisotopic (exact) mass is 384 g/mol. The molecule has 3 aromatic rings. The molecule has 0 radical (unpaired) electrons. The van der Waals surface area contributed by atoms with Gasteiger partial charge in [0.25, 0.3) is 5.91 Å². The van der Waals surface area contributed by atoms with Crippen molar-refractivity contribution in [3.63, 3.8) is 0 Å². The molecule has 0 aliphatic carbocycles. The van der Waals surface area contributed by atoms with Gasteiger partial charge in [-0.05, 0) is 44.2 Å². The summed E-state index contributed by atoms with van der Waals surface area (Å²) in [4.78, 5) is 14.3. The smallest absolute Gasteiger partial charge is 0.280 e. The van der Waals surface area contributed by atoms with Crippen molar-refractivity contribution in [1.29, 1.82) is 0 Å². The maximum atomic E-state index is 12.8. The molecule has 0 atom stereocenters. The van der Waals surface area contributed by atoms with Crippen molar-refractivity contribution in [2.24, 2.45) is 0 Å². The number of nitrogens with zero attached hydrogens (tertiary/aromatic N) is 4. The van der Waals surface area contributed by atoms with Crippen LogP contribution < -0.4 is 4.90 Å². The molecule has 1 aromatic heterocycles. The van der Waals surface area contributed by atoms with E-state index in [9.17, 15) is 4.79 Å². The number of halogens is 1. The molecule has 1 amide bonds. The van der Waals surface area contributed by atoms with Crippen LogP contribution in [0.3, 0.4) is 0 Å². The molecule has 0 unspecified atom stereocenters. The van der Waals surface area contributed by atoms with E-state index in [1.165, 1.54) is 0 Å². The van der Waals surface area contributed by atoms with Gasteiger partial charge in [0, 0.05) is 17.2 Å². The van der Waals surface area contributed by atoms with Gasteiger partial charge in [0.2, 0.25) is 0 Å². The molecule has 0 bridgehead atoms. The Bertz CT molecular complexity index is 886. The van der Waals surface area contributed by atoms with Crippen LogP contribution in [0.4, 0.5) is 5.69 Å². The molecule has 2 aromatic carbocycles. The predicted octanol–water partition coefficient (Wildman–Crippen LogP) is 3.92. The zero-order chi connectivity index (χ0) is 17.3. The highest BCUT2D eigenvalue weighted by Crippen LogP contribution is 2.20. The van der Waals surface area contributed by atoms with Crippen molar-refractivity contribution in [2.75, 3.05) is 11.9 Å². The maximum absolute atomic E-state index is 12.8. The topological polar surface area (TPSA) is 51.0 Å². The molecule has 0 N–H and O–H groups in total.